The van der Waals surface area contributed by atoms with E-state index < -0.39 is 0 Å². The molecule has 0 spiro atoms. The van der Waals surface area contributed by atoms with Gasteiger partial charge < -0.3 is 15.2 Å². The fraction of sp³-hybridized carbons (Fsp3) is 0.500. The first-order valence-electron chi connectivity index (χ1n) is 5.17. The molecule has 0 heterocycles. The Morgan fingerprint density at radius 2 is 2.12 bits per heavy atom. The molecular formula is C12H18FNO2. The van der Waals surface area contributed by atoms with E-state index in [2.05, 4.69) is 5.32 Å². The van der Waals surface area contributed by atoms with Crippen LogP contribution >= 0.6 is 0 Å². The van der Waals surface area contributed by atoms with Crippen LogP contribution in [0.4, 0.5) is 4.39 Å². The Morgan fingerprint density at radius 1 is 1.44 bits per heavy atom. The lowest BCUT2D eigenvalue weighted by Gasteiger charge is -2.23. The molecule has 0 aliphatic carbocycles. The van der Waals surface area contributed by atoms with Crippen LogP contribution in [0.25, 0.3) is 0 Å². The number of ether oxygens (including phenoxy) is 1. The van der Waals surface area contributed by atoms with E-state index in [1.807, 2.05) is 13.8 Å². The predicted molar refractivity (Wildman–Crippen MR) is 61.0 cm³/mol. The molecule has 0 aliphatic rings. The van der Waals surface area contributed by atoms with Gasteiger partial charge >= 0.3 is 0 Å². The third kappa shape index (κ3) is 3.47. The summed E-state index contributed by atoms with van der Waals surface area (Å²) in [7, 11) is 1.44. The SMILES string of the molecule is COc1ccc(CNC(C)(C)CO)cc1F. The van der Waals surface area contributed by atoms with Crippen LogP contribution in [0, 0.1) is 5.82 Å². The van der Waals surface area contributed by atoms with Gasteiger partial charge in [0.05, 0.1) is 13.7 Å². The largest absolute Gasteiger partial charge is 0.494 e. The maximum absolute atomic E-state index is 13.4. The monoisotopic (exact) mass is 227 g/mol. The highest BCUT2D eigenvalue weighted by atomic mass is 19.1. The van der Waals surface area contributed by atoms with Gasteiger partial charge in [-0.3, -0.25) is 0 Å². The van der Waals surface area contributed by atoms with Gasteiger partial charge in [-0.2, -0.15) is 0 Å². The lowest BCUT2D eigenvalue weighted by molar-refractivity contribution is 0.187. The number of benzene rings is 1. The third-order valence-electron chi connectivity index (χ3n) is 2.38. The van der Waals surface area contributed by atoms with E-state index in [0.717, 1.165) is 5.56 Å². The Bertz CT molecular complexity index is 353. The molecule has 0 atom stereocenters. The molecule has 0 saturated heterocycles. The molecule has 0 aliphatic heterocycles. The van der Waals surface area contributed by atoms with E-state index in [4.69, 9.17) is 9.84 Å². The molecule has 4 heteroatoms. The van der Waals surface area contributed by atoms with Crippen molar-refractivity contribution in [2.24, 2.45) is 0 Å². The van der Waals surface area contributed by atoms with Crippen LogP contribution in [0.5, 0.6) is 5.75 Å². The van der Waals surface area contributed by atoms with Crippen LogP contribution in [-0.2, 0) is 6.54 Å². The molecule has 90 valence electrons. The number of aliphatic hydroxyl groups excluding tert-OH is 1. The molecule has 0 amide bonds. The van der Waals surface area contributed by atoms with Gasteiger partial charge in [-0.1, -0.05) is 6.07 Å². The highest BCUT2D eigenvalue weighted by Gasteiger charge is 2.15. The summed E-state index contributed by atoms with van der Waals surface area (Å²) in [4.78, 5) is 0. The van der Waals surface area contributed by atoms with Gasteiger partial charge in [-0.05, 0) is 31.5 Å². The van der Waals surface area contributed by atoms with Crippen LogP contribution in [-0.4, -0.2) is 24.4 Å². The Labute approximate surface area is 95.2 Å². The Hall–Kier alpha value is -1.13. The van der Waals surface area contributed by atoms with Gasteiger partial charge in [0.25, 0.3) is 0 Å². The molecule has 0 fully saturated rings. The van der Waals surface area contributed by atoms with Crippen molar-refractivity contribution in [3.63, 3.8) is 0 Å². The number of methoxy groups -OCH3 is 1. The van der Waals surface area contributed by atoms with Crippen molar-refractivity contribution in [3.8, 4) is 5.75 Å². The minimum Gasteiger partial charge on any atom is -0.494 e. The van der Waals surface area contributed by atoms with Crippen molar-refractivity contribution < 1.29 is 14.2 Å². The average molecular weight is 227 g/mol. The van der Waals surface area contributed by atoms with E-state index in [9.17, 15) is 4.39 Å². The third-order valence-corrected chi connectivity index (χ3v) is 2.38. The van der Waals surface area contributed by atoms with Crippen LogP contribution in [0.1, 0.15) is 19.4 Å². The van der Waals surface area contributed by atoms with Crippen molar-refractivity contribution in [2.45, 2.75) is 25.9 Å². The molecule has 2 N–H and O–H groups in total. The lowest BCUT2D eigenvalue weighted by atomic mass is 10.1. The molecule has 1 aromatic carbocycles. The van der Waals surface area contributed by atoms with E-state index in [1.54, 1.807) is 12.1 Å². The summed E-state index contributed by atoms with van der Waals surface area (Å²) in [6.45, 7) is 4.31. The molecule has 1 aromatic rings. The summed E-state index contributed by atoms with van der Waals surface area (Å²) < 4.78 is 18.2. The first-order chi connectivity index (χ1) is 7.48. The Balaban J connectivity index is 2.65. The number of aliphatic hydroxyl groups is 1. The smallest absolute Gasteiger partial charge is 0.165 e. The van der Waals surface area contributed by atoms with Gasteiger partial charge in [-0.25, -0.2) is 4.39 Å². The van der Waals surface area contributed by atoms with Crippen molar-refractivity contribution >= 4 is 0 Å². The standard InChI is InChI=1S/C12H18FNO2/c1-12(2,8-15)14-7-9-4-5-11(16-3)10(13)6-9/h4-6,14-15H,7-8H2,1-3H3. The maximum atomic E-state index is 13.4. The summed E-state index contributed by atoms with van der Waals surface area (Å²) in [6.07, 6.45) is 0. The summed E-state index contributed by atoms with van der Waals surface area (Å²) >= 11 is 0. The van der Waals surface area contributed by atoms with Gasteiger partial charge in [0, 0.05) is 12.1 Å². The number of nitrogens with one attached hydrogen (secondary N) is 1. The molecule has 0 saturated carbocycles. The van der Waals surface area contributed by atoms with Crippen LogP contribution in [0.3, 0.4) is 0 Å². The Morgan fingerprint density at radius 3 is 2.62 bits per heavy atom. The lowest BCUT2D eigenvalue weighted by Crippen LogP contribution is -2.42. The zero-order valence-corrected chi connectivity index (χ0v) is 9.88. The minimum atomic E-state index is -0.372. The molecule has 0 unspecified atom stereocenters. The molecule has 0 radical (unpaired) electrons. The van der Waals surface area contributed by atoms with Crippen molar-refractivity contribution in [3.05, 3.63) is 29.6 Å². The van der Waals surface area contributed by atoms with E-state index in [-0.39, 0.29) is 23.7 Å². The highest BCUT2D eigenvalue weighted by molar-refractivity contribution is 5.29. The highest BCUT2D eigenvalue weighted by Crippen LogP contribution is 2.17. The zero-order valence-electron chi connectivity index (χ0n) is 9.88. The molecule has 0 bridgehead atoms. The quantitative estimate of drug-likeness (QED) is 0.804. The van der Waals surface area contributed by atoms with Crippen molar-refractivity contribution in [2.75, 3.05) is 13.7 Å². The molecule has 0 aromatic heterocycles. The number of halogens is 1. The molecular weight excluding hydrogens is 209 g/mol. The zero-order chi connectivity index (χ0) is 12.2. The summed E-state index contributed by atoms with van der Waals surface area (Å²) in [5.74, 6) is -0.131. The number of rotatable bonds is 5. The van der Waals surface area contributed by atoms with Gasteiger partial charge in [-0.15, -0.1) is 0 Å². The topological polar surface area (TPSA) is 41.5 Å². The average Bonchev–Trinajstić information content (AvgIpc) is 2.27. The normalized spacial score (nSPS) is 11.6. The molecule has 16 heavy (non-hydrogen) atoms. The van der Waals surface area contributed by atoms with E-state index in [1.165, 1.54) is 13.2 Å². The summed E-state index contributed by atoms with van der Waals surface area (Å²) in [5, 5.41) is 12.2. The first-order valence-corrected chi connectivity index (χ1v) is 5.17. The van der Waals surface area contributed by atoms with E-state index in [0.29, 0.717) is 6.54 Å². The fourth-order valence-electron chi connectivity index (χ4n) is 1.22. The van der Waals surface area contributed by atoms with Gasteiger partial charge in [0.2, 0.25) is 0 Å². The Kier molecular flexibility index (Phi) is 4.26. The molecule has 1 rings (SSSR count). The second kappa shape index (κ2) is 5.27. The van der Waals surface area contributed by atoms with Crippen LogP contribution < -0.4 is 10.1 Å². The van der Waals surface area contributed by atoms with E-state index >= 15 is 0 Å². The maximum Gasteiger partial charge on any atom is 0.165 e. The van der Waals surface area contributed by atoms with Crippen molar-refractivity contribution in [1.82, 2.24) is 5.32 Å². The number of hydrogen-bond acceptors (Lipinski definition) is 3. The molecule has 3 nitrogen and oxygen atoms in total. The minimum absolute atomic E-state index is 0.0334. The summed E-state index contributed by atoms with van der Waals surface area (Å²) in [5.41, 5.74) is 0.455. The predicted octanol–water partition coefficient (Wildman–Crippen LogP) is 1.69. The van der Waals surface area contributed by atoms with Crippen LogP contribution in [0.15, 0.2) is 18.2 Å². The number of hydrogen-bond donors (Lipinski definition) is 2. The van der Waals surface area contributed by atoms with Gasteiger partial charge in [0.1, 0.15) is 0 Å². The second-order valence-corrected chi connectivity index (χ2v) is 4.36. The first kappa shape index (κ1) is 12.9. The fourth-order valence-corrected chi connectivity index (χ4v) is 1.22. The van der Waals surface area contributed by atoms with Crippen LogP contribution in [0.2, 0.25) is 0 Å². The second-order valence-electron chi connectivity index (χ2n) is 4.36. The van der Waals surface area contributed by atoms with Gasteiger partial charge in [0.15, 0.2) is 11.6 Å². The van der Waals surface area contributed by atoms with Crippen molar-refractivity contribution in [1.29, 1.82) is 0 Å². The summed E-state index contributed by atoms with van der Waals surface area (Å²) in [6, 6.07) is 4.82.